The maximum atomic E-state index is 12.3. The Morgan fingerprint density at radius 2 is 1.32 bits per heavy atom. The van der Waals surface area contributed by atoms with Crippen LogP contribution in [0.4, 0.5) is 0 Å². The zero-order valence-corrected chi connectivity index (χ0v) is 15.3. The Morgan fingerprint density at radius 1 is 0.909 bits per heavy atom. The number of allylic oxidation sites excluding steroid dienone is 6. The second kappa shape index (κ2) is 10.3. The summed E-state index contributed by atoms with van der Waals surface area (Å²) in [5.41, 5.74) is 1.42. The Morgan fingerprint density at radius 3 is 1.68 bits per heavy atom. The van der Waals surface area contributed by atoms with Crippen molar-refractivity contribution in [2.75, 3.05) is 25.5 Å². The molecule has 0 heterocycles. The minimum atomic E-state index is -4.02. The van der Waals surface area contributed by atoms with Gasteiger partial charge >= 0.3 is 15.2 Å². The molecule has 6 nitrogen and oxygen atoms in total. The van der Waals surface area contributed by atoms with Crippen molar-refractivity contribution in [1.29, 1.82) is 0 Å². The molecule has 0 aliphatic heterocycles. The number of rotatable bonds is 10. The summed E-state index contributed by atoms with van der Waals surface area (Å²) in [5.74, 6) is 0. The molecule has 0 radical (unpaired) electrons. The fourth-order valence-electron chi connectivity index (χ4n) is 1.70. The first-order valence-electron chi connectivity index (χ1n) is 7.04. The molecular weight excluding hydrogens is 326 g/mol. The predicted octanol–water partition coefficient (Wildman–Crippen LogP) is 3.88. The lowest BCUT2D eigenvalue weighted by Gasteiger charge is -2.16. The highest BCUT2D eigenvalue weighted by molar-refractivity contribution is 7.54. The highest BCUT2D eigenvalue weighted by atomic mass is 31.2. The molecule has 0 amide bonds. The van der Waals surface area contributed by atoms with E-state index in [-0.39, 0.29) is 12.3 Å². The van der Waals surface area contributed by atoms with Crippen LogP contribution in [-0.4, -0.2) is 35.3 Å². The van der Waals surface area contributed by atoms with E-state index in [0.29, 0.717) is 18.8 Å². The number of hydrogen-bond acceptors (Lipinski definition) is 4. The van der Waals surface area contributed by atoms with Crippen molar-refractivity contribution in [3.63, 3.8) is 0 Å². The van der Waals surface area contributed by atoms with Gasteiger partial charge in [-0.05, 0) is 27.7 Å². The Hall–Kier alpha value is -0.480. The van der Waals surface area contributed by atoms with Crippen LogP contribution >= 0.6 is 15.2 Å². The van der Waals surface area contributed by atoms with Crippen LogP contribution in [0.2, 0.25) is 0 Å². The normalized spacial score (nSPS) is 14.8. The molecule has 0 fully saturated rings. The fraction of sp³-hybridized carbons (Fsp3) is 0.571. The van der Waals surface area contributed by atoms with Gasteiger partial charge in [0, 0.05) is 0 Å². The molecule has 0 aromatic carbocycles. The number of hydrogen-bond donors (Lipinski definition) is 2. The van der Waals surface area contributed by atoms with Gasteiger partial charge in [0.15, 0.2) is 0 Å². The van der Waals surface area contributed by atoms with Crippen LogP contribution in [0.5, 0.6) is 0 Å². The van der Waals surface area contributed by atoms with Crippen LogP contribution in [0, 0.1) is 0 Å². The average molecular weight is 352 g/mol. The van der Waals surface area contributed by atoms with E-state index in [1.165, 1.54) is 0 Å². The Balaban J connectivity index is 4.66. The second-order valence-corrected chi connectivity index (χ2v) is 8.54. The lowest BCUT2D eigenvalue weighted by molar-refractivity contribution is 0.222. The highest BCUT2D eigenvalue weighted by Gasteiger charge is 2.23. The smallest absolute Gasteiger partial charge is 0.324 e. The van der Waals surface area contributed by atoms with Crippen LogP contribution in [-0.2, 0) is 18.2 Å². The van der Waals surface area contributed by atoms with Crippen molar-refractivity contribution >= 4 is 15.2 Å². The van der Waals surface area contributed by atoms with Gasteiger partial charge in [0.05, 0.1) is 25.5 Å². The van der Waals surface area contributed by atoms with Gasteiger partial charge < -0.3 is 18.8 Å². The molecule has 0 unspecified atom stereocenters. The molecule has 0 aromatic heterocycles. The van der Waals surface area contributed by atoms with E-state index in [1.54, 1.807) is 45.1 Å². The first-order chi connectivity index (χ1) is 10.1. The Bertz CT molecular complexity index is 505. The first kappa shape index (κ1) is 21.5. The standard InChI is InChI=1S/C14H26O6P2/c1-5-19-22(18,20-6-2)12-14(4)10-8-7-9-13(3)11-21(15,16)17/h7-10H,5-6,11-12H2,1-4H3,(H2,15,16,17). The molecule has 8 heteroatoms. The van der Waals surface area contributed by atoms with E-state index in [4.69, 9.17) is 18.8 Å². The lowest BCUT2D eigenvalue weighted by atomic mass is 10.2. The minimum Gasteiger partial charge on any atom is -0.324 e. The Kier molecular flexibility index (Phi) is 10.1. The summed E-state index contributed by atoms with van der Waals surface area (Å²) in [6.45, 7) is 7.65. The molecule has 0 spiro atoms. The van der Waals surface area contributed by atoms with E-state index in [9.17, 15) is 9.13 Å². The molecule has 22 heavy (non-hydrogen) atoms. The minimum absolute atomic E-state index is 0.212. The molecule has 0 aromatic rings. The average Bonchev–Trinajstić information content (AvgIpc) is 2.32. The molecule has 0 saturated heterocycles. The van der Waals surface area contributed by atoms with Gasteiger partial charge in [-0.15, -0.1) is 0 Å². The zero-order valence-electron chi connectivity index (χ0n) is 13.6. The van der Waals surface area contributed by atoms with Crippen LogP contribution in [0.25, 0.3) is 0 Å². The van der Waals surface area contributed by atoms with E-state index in [2.05, 4.69) is 0 Å². The second-order valence-electron chi connectivity index (χ2n) is 4.84. The van der Waals surface area contributed by atoms with Crippen molar-refractivity contribution in [1.82, 2.24) is 0 Å². The van der Waals surface area contributed by atoms with E-state index in [1.807, 2.05) is 6.92 Å². The van der Waals surface area contributed by atoms with Crippen LogP contribution in [0.15, 0.2) is 35.5 Å². The summed E-state index contributed by atoms with van der Waals surface area (Å²) in [6, 6.07) is 0. The predicted molar refractivity (Wildman–Crippen MR) is 89.3 cm³/mol. The molecule has 128 valence electrons. The molecule has 0 saturated carbocycles. The maximum absolute atomic E-state index is 12.3. The van der Waals surface area contributed by atoms with Gasteiger partial charge in [-0.2, -0.15) is 0 Å². The monoisotopic (exact) mass is 352 g/mol. The van der Waals surface area contributed by atoms with Crippen molar-refractivity contribution in [3.8, 4) is 0 Å². The van der Waals surface area contributed by atoms with E-state index in [0.717, 1.165) is 5.57 Å². The summed E-state index contributed by atoms with van der Waals surface area (Å²) in [4.78, 5) is 17.7. The van der Waals surface area contributed by atoms with Crippen LogP contribution in [0.3, 0.4) is 0 Å². The topological polar surface area (TPSA) is 93.1 Å². The van der Waals surface area contributed by atoms with Crippen molar-refractivity contribution in [3.05, 3.63) is 35.5 Å². The quantitative estimate of drug-likeness (QED) is 0.458. The fourth-order valence-corrected chi connectivity index (χ4v) is 4.21. The highest BCUT2D eigenvalue weighted by Crippen LogP contribution is 2.49. The molecular formula is C14H26O6P2. The molecule has 0 atom stereocenters. The van der Waals surface area contributed by atoms with Crippen molar-refractivity contribution in [2.24, 2.45) is 0 Å². The first-order valence-corrected chi connectivity index (χ1v) is 10.6. The third kappa shape index (κ3) is 11.1. The largest absolute Gasteiger partial charge is 0.334 e. The summed E-state index contributed by atoms with van der Waals surface area (Å²) < 4.78 is 33.6. The summed E-state index contributed by atoms with van der Waals surface area (Å²) in [6.07, 6.45) is 6.76. The van der Waals surface area contributed by atoms with Gasteiger partial charge in [-0.25, -0.2) is 0 Å². The molecule has 2 N–H and O–H groups in total. The summed E-state index contributed by atoms with van der Waals surface area (Å²) >= 11 is 0. The lowest BCUT2D eigenvalue weighted by Crippen LogP contribution is -2.01. The maximum Gasteiger partial charge on any atom is 0.334 e. The van der Waals surface area contributed by atoms with Gasteiger partial charge in [-0.3, -0.25) is 9.13 Å². The third-order valence-electron chi connectivity index (χ3n) is 2.42. The van der Waals surface area contributed by atoms with Crippen molar-refractivity contribution in [2.45, 2.75) is 27.7 Å². The van der Waals surface area contributed by atoms with Gasteiger partial charge in [-0.1, -0.05) is 35.5 Å². The SMILES string of the molecule is CCOP(=O)(CC(C)=CC=CC=C(C)CP(=O)(O)O)OCC. The summed E-state index contributed by atoms with van der Waals surface area (Å²) in [7, 11) is -7.11. The summed E-state index contributed by atoms with van der Waals surface area (Å²) in [5, 5.41) is 0. The molecule has 0 rings (SSSR count). The van der Waals surface area contributed by atoms with Gasteiger partial charge in [0.1, 0.15) is 0 Å². The Labute approximate surface area is 132 Å². The molecule has 0 aliphatic carbocycles. The van der Waals surface area contributed by atoms with Crippen LogP contribution in [0.1, 0.15) is 27.7 Å². The van der Waals surface area contributed by atoms with Gasteiger partial charge in [0.2, 0.25) is 0 Å². The zero-order chi connectivity index (χ0) is 17.2. The van der Waals surface area contributed by atoms with Crippen molar-refractivity contribution < 1.29 is 28.0 Å². The third-order valence-corrected chi connectivity index (χ3v) is 5.52. The van der Waals surface area contributed by atoms with Crippen LogP contribution < -0.4 is 0 Å². The van der Waals surface area contributed by atoms with E-state index < -0.39 is 15.2 Å². The van der Waals surface area contributed by atoms with E-state index >= 15 is 0 Å². The molecule has 0 bridgehead atoms. The molecule has 0 aliphatic rings. The van der Waals surface area contributed by atoms with Gasteiger partial charge in [0.25, 0.3) is 0 Å².